The smallest absolute Gasteiger partial charge is 0.306 e. The van der Waals surface area contributed by atoms with Crippen molar-refractivity contribution in [1.29, 1.82) is 0 Å². The summed E-state index contributed by atoms with van der Waals surface area (Å²) in [5.74, 6) is -0.724. The molecule has 0 saturated carbocycles. The van der Waals surface area contributed by atoms with Gasteiger partial charge in [-0.15, -0.1) is 0 Å². The predicted molar refractivity (Wildman–Crippen MR) is 68.6 cm³/mol. The minimum absolute atomic E-state index is 0.260. The van der Waals surface area contributed by atoms with Crippen molar-refractivity contribution in [3.05, 3.63) is 28.7 Å². The molecule has 0 aliphatic heterocycles. The molecular weight excluding hydrogens is 286 g/mol. The van der Waals surface area contributed by atoms with Crippen LogP contribution in [0.3, 0.4) is 0 Å². The number of hydrogen-bond donors (Lipinski definition) is 1. The fourth-order valence-corrected chi connectivity index (χ4v) is 1.38. The number of esters is 1. The Balaban J connectivity index is 2.54. The van der Waals surface area contributed by atoms with Crippen LogP contribution in [0.2, 0.25) is 0 Å². The molecule has 0 fully saturated rings. The minimum Gasteiger partial charge on any atom is -0.453 e. The maximum absolute atomic E-state index is 11.6. The lowest BCUT2D eigenvalue weighted by Crippen LogP contribution is -2.29. The van der Waals surface area contributed by atoms with Crippen molar-refractivity contribution in [2.45, 2.75) is 26.4 Å². The quantitative estimate of drug-likeness (QED) is 0.870. The van der Waals surface area contributed by atoms with E-state index in [9.17, 15) is 9.59 Å². The molecule has 0 aliphatic carbocycles. The number of halogens is 1. The van der Waals surface area contributed by atoms with Gasteiger partial charge in [0.05, 0.1) is 0 Å². The summed E-state index contributed by atoms with van der Waals surface area (Å²) in [6, 6.07) is 7.16. The lowest BCUT2D eigenvalue weighted by Gasteiger charge is -2.12. The summed E-state index contributed by atoms with van der Waals surface area (Å²) in [5, 5.41) is 2.66. The monoisotopic (exact) mass is 299 g/mol. The second-order valence-electron chi connectivity index (χ2n) is 3.48. The highest BCUT2D eigenvalue weighted by molar-refractivity contribution is 9.10. The van der Waals surface area contributed by atoms with Crippen LogP contribution >= 0.6 is 15.9 Å². The largest absolute Gasteiger partial charge is 0.453 e. The highest BCUT2D eigenvalue weighted by Crippen LogP contribution is 2.14. The Morgan fingerprint density at radius 1 is 1.35 bits per heavy atom. The number of nitrogens with one attached hydrogen (secondary N) is 1. The van der Waals surface area contributed by atoms with Crippen molar-refractivity contribution in [1.82, 2.24) is 0 Å². The minimum atomic E-state index is -0.786. The van der Waals surface area contributed by atoms with E-state index < -0.39 is 6.10 Å². The zero-order valence-corrected chi connectivity index (χ0v) is 11.3. The van der Waals surface area contributed by atoms with Crippen LogP contribution in [0.4, 0.5) is 5.69 Å². The van der Waals surface area contributed by atoms with Gasteiger partial charge >= 0.3 is 5.97 Å². The van der Waals surface area contributed by atoms with Gasteiger partial charge in [0.15, 0.2) is 6.10 Å². The molecule has 0 heterocycles. The summed E-state index contributed by atoms with van der Waals surface area (Å²) < 4.78 is 5.83. The molecule has 1 aromatic rings. The van der Waals surface area contributed by atoms with Crippen LogP contribution in [-0.4, -0.2) is 18.0 Å². The molecule has 5 heteroatoms. The van der Waals surface area contributed by atoms with E-state index in [1.165, 1.54) is 0 Å². The summed E-state index contributed by atoms with van der Waals surface area (Å²) in [6.07, 6.45) is -0.526. The third kappa shape index (κ3) is 4.56. The van der Waals surface area contributed by atoms with Gasteiger partial charge in [0.1, 0.15) is 0 Å². The van der Waals surface area contributed by atoms with Gasteiger partial charge in [-0.05, 0) is 31.2 Å². The molecule has 4 nitrogen and oxygen atoms in total. The standard InChI is InChI=1S/C12H14BrNO3/c1-3-11(15)17-8(2)12(16)14-10-6-4-9(13)5-7-10/h4-8H,3H2,1-2H3,(H,14,16)/t8-/m0/s1. The Bertz CT molecular complexity index is 403. The Hall–Kier alpha value is -1.36. The van der Waals surface area contributed by atoms with Gasteiger partial charge in [0.2, 0.25) is 0 Å². The van der Waals surface area contributed by atoms with E-state index in [4.69, 9.17) is 4.74 Å². The first-order chi connectivity index (χ1) is 8.02. The molecule has 0 spiro atoms. The number of amides is 1. The fourth-order valence-electron chi connectivity index (χ4n) is 1.11. The third-order valence-electron chi connectivity index (χ3n) is 2.08. The maximum atomic E-state index is 11.6. The van der Waals surface area contributed by atoms with Crippen molar-refractivity contribution in [2.75, 3.05) is 5.32 Å². The normalized spacial score (nSPS) is 11.7. The van der Waals surface area contributed by atoms with Gasteiger partial charge in [0, 0.05) is 16.6 Å². The van der Waals surface area contributed by atoms with E-state index >= 15 is 0 Å². The van der Waals surface area contributed by atoms with Crippen LogP contribution in [0.25, 0.3) is 0 Å². The number of anilines is 1. The van der Waals surface area contributed by atoms with E-state index in [0.717, 1.165) is 4.47 Å². The van der Waals surface area contributed by atoms with E-state index in [1.807, 2.05) is 12.1 Å². The summed E-state index contributed by atoms with van der Waals surface area (Å²) in [5.41, 5.74) is 0.664. The molecule has 0 aromatic heterocycles. The fraction of sp³-hybridized carbons (Fsp3) is 0.333. The highest BCUT2D eigenvalue weighted by atomic mass is 79.9. The Morgan fingerprint density at radius 2 is 1.94 bits per heavy atom. The number of carbonyl (C=O) groups excluding carboxylic acids is 2. The SMILES string of the molecule is CCC(=O)O[C@@H](C)C(=O)Nc1ccc(Br)cc1. The molecule has 0 aliphatic rings. The zero-order chi connectivity index (χ0) is 12.8. The lowest BCUT2D eigenvalue weighted by molar-refractivity contribution is -0.152. The molecule has 1 amide bonds. The average molecular weight is 300 g/mol. The molecule has 1 atom stereocenters. The highest BCUT2D eigenvalue weighted by Gasteiger charge is 2.16. The van der Waals surface area contributed by atoms with Gasteiger partial charge in [-0.1, -0.05) is 22.9 Å². The third-order valence-corrected chi connectivity index (χ3v) is 2.61. The molecule has 17 heavy (non-hydrogen) atoms. The van der Waals surface area contributed by atoms with Crippen LogP contribution < -0.4 is 5.32 Å². The number of rotatable bonds is 4. The van der Waals surface area contributed by atoms with Crippen LogP contribution in [-0.2, 0) is 14.3 Å². The maximum Gasteiger partial charge on any atom is 0.306 e. The van der Waals surface area contributed by atoms with Gasteiger partial charge in [0.25, 0.3) is 5.91 Å². The summed E-state index contributed by atoms with van der Waals surface area (Å²) in [4.78, 5) is 22.7. The van der Waals surface area contributed by atoms with Crippen LogP contribution in [0.1, 0.15) is 20.3 Å². The van der Waals surface area contributed by atoms with Crippen molar-refractivity contribution in [3.63, 3.8) is 0 Å². The zero-order valence-electron chi connectivity index (χ0n) is 9.70. The van der Waals surface area contributed by atoms with Crippen LogP contribution in [0.15, 0.2) is 28.7 Å². The topological polar surface area (TPSA) is 55.4 Å². The average Bonchev–Trinajstić information content (AvgIpc) is 2.31. The second-order valence-corrected chi connectivity index (χ2v) is 4.40. The molecule has 1 N–H and O–H groups in total. The van der Waals surface area contributed by atoms with E-state index in [1.54, 1.807) is 26.0 Å². The van der Waals surface area contributed by atoms with Crippen molar-refractivity contribution in [3.8, 4) is 0 Å². The first-order valence-corrected chi connectivity index (χ1v) is 6.08. The second kappa shape index (κ2) is 6.39. The molecule has 0 unspecified atom stereocenters. The number of ether oxygens (including phenoxy) is 1. The van der Waals surface area contributed by atoms with Crippen molar-refractivity contribution < 1.29 is 14.3 Å². The van der Waals surface area contributed by atoms with Crippen molar-refractivity contribution in [2.24, 2.45) is 0 Å². The summed E-state index contributed by atoms with van der Waals surface area (Å²) >= 11 is 3.30. The molecule has 1 rings (SSSR count). The van der Waals surface area contributed by atoms with Gasteiger partial charge < -0.3 is 10.1 Å². The van der Waals surface area contributed by atoms with E-state index in [0.29, 0.717) is 5.69 Å². The lowest BCUT2D eigenvalue weighted by atomic mass is 10.3. The van der Waals surface area contributed by atoms with Gasteiger partial charge in [-0.3, -0.25) is 9.59 Å². The van der Waals surface area contributed by atoms with E-state index in [-0.39, 0.29) is 18.3 Å². The summed E-state index contributed by atoms with van der Waals surface area (Å²) in [7, 11) is 0. The molecule has 1 aromatic carbocycles. The Morgan fingerprint density at radius 3 is 2.47 bits per heavy atom. The van der Waals surface area contributed by atoms with Gasteiger partial charge in [-0.2, -0.15) is 0 Å². The summed E-state index contributed by atoms with van der Waals surface area (Å²) in [6.45, 7) is 3.23. The Kier molecular flexibility index (Phi) is 5.15. The van der Waals surface area contributed by atoms with E-state index in [2.05, 4.69) is 21.2 Å². The molecule has 0 radical (unpaired) electrons. The molecular formula is C12H14BrNO3. The number of carbonyl (C=O) groups is 2. The first-order valence-electron chi connectivity index (χ1n) is 5.29. The van der Waals surface area contributed by atoms with Crippen LogP contribution in [0.5, 0.6) is 0 Å². The van der Waals surface area contributed by atoms with Crippen molar-refractivity contribution >= 4 is 33.5 Å². The number of hydrogen-bond acceptors (Lipinski definition) is 3. The first kappa shape index (κ1) is 13.7. The Labute approximate surface area is 108 Å². The number of benzene rings is 1. The van der Waals surface area contributed by atoms with Crippen LogP contribution in [0, 0.1) is 0 Å². The predicted octanol–water partition coefficient (Wildman–Crippen LogP) is 2.73. The molecule has 0 saturated heterocycles. The molecule has 0 bridgehead atoms. The molecule has 92 valence electrons. The van der Waals surface area contributed by atoms with Gasteiger partial charge in [-0.25, -0.2) is 0 Å².